The van der Waals surface area contributed by atoms with Gasteiger partial charge in [0.15, 0.2) is 0 Å². The van der Waals surface area contributed by atoms with Gasteiger partial charge in [0.1, 0.15) is 0 Å². The lowest BCUT2D eigenvalue weighted by atomic mass is 10.2. The molecule has 1 nitrogen and oxygen atoms in total. The molecule has 0 N–H and O–H groups in total. The third kappa shape index (κ3) is 2.02. The molecule has 1 unspecified atom stereocenters. The van der Waals surface area contributed by atoms with Crippen LogP contribution in [0.3, 0.4) is 0 Å². The maximum atomic E-state index is 5.15. The summed E-state index contributed by atoms with van der Waals surface area (Å²) in [5.74, 6) is 1.10. The number of thioether (sulfide) groups is 1. The Labute approximate surface area is 77.1 Å². The van der Waals surface area contributed by atoms with Crippen LogP contribution >= 0.6 is 11.8 Å². The normalized spacial score (nSPS) is 20.9. The van der Waals surface area contributed by atoms with Crippen LogP contribution in [-0.4, -0.2) is 18.5 Å². The van der Waals surface area contributed by atoms with Gasteiger partial charge in [0.2, 0.25) is 0 Å². The van der Waals surface area contributed by atoms with Gasteiger partial charge in [0, 0.05) is 10.6 Å². The number of ether oxygens (including phenoxy) is 1. The molecule has 1 heterocycles. The summed E-state index contributed by atoms with van der Waals surface area (Å²) in [5, 5.41) is 0. The van der Waals surface area contributed by atoms with Crippen molar-refractivity contribution in [1.82, 2.24) is 0 Å². The minimum Gasteiger partial charge on any atom is -0.372 e. The minimum atomic E-state index is 0.523. The molecule has 2 rings (SSSR count). The Bertz CT molecular complexity index is 268. The van der Waals surface area contributed by atoms with E-state index in [2.05, 4.69) is 31.2 Å². The average molecular weight is 180 g/mol. The number of rotatable bonds is 3. The Balaban J connectivity index is 1.96. The van der Waals surface area contributed by atoms with E-state index >= 15 is 0 Å². The smallest absolute Gasteiger partial charge is 0.0903 e. The molecule has 2 heteroatoms. The van der Waals surface area contributed by atoms with Crippen LogP contribution < -0.4 is 0 Å². The summed E-state index contributed by atoms with van der Waals surface area (Å²) in [5.41, 5.74) is 1.36. The first kappa shape index (κ1) is 8.14. The second kappa shape index (κ2) is 3.50. The van der Waals surface area contributed by atoms with Crippen molar-refractivity contribution in [2.45, 2.75) is 17.9 Å². The molecule has 0 saturated carbocycles. The molecule has 1 aromatic carbocycles. The predicted molar refractivity (Wildman–Crippen MR) is 51.6 cm³/mol. The molecule has 1 aliphatic heterocycles. The predicted octanol–water partition coefficient (Wildman–Crippen LogP) is 2.49. The van der Waals surface area contributed by atoms with E-state index in [-0.39, 0.29) is 0 Å². The summed E-state index contributed by atoms with van der Waals surface area (Å²) in [4.78, 5) is 1.38. The lowest BCUT2D eigenvalue weighted by Gasteiger charge is -2.02. The molecule has 64 valence electrons. The zero-order valence-corrected chi connectivity index (χ0v) is 7.93. The fourth-order valence-electron chi connectivity index (χ4n) is 1.07. The van der Waals surface area contributed by atoms with Gasteiger partial charge in [-0.3, -0.25) is 0 Å². The van der Waals surface area contributed by atoms with Gasteiger partial charge in [0.25, 0.3) is 0 Å². The number of aryl methyl sites for hydroxylation is 1. The third-order valence-corrected chi connectivity index (χ3v) is 3.23. The Hall–Kier alpha value is -0.470. The molecule has 0 aliphatic carbocycles. The van der Waals surface area contributed by atoms with Crippen LogP contribution in [0.25, 0.3) is 0 Å². The van der Waals surface area contributed by atoms with Crippen LogP contribution in [0.2, 0.25) is 0 Å². The second-order valence-electron chi connectivity index (χ2n) is 3.03. The van der Waals surface area contributed by atoms with Crippen LogP contribution in [0.4, 0.5) is 0 Å². The van der Waals surface area contributed by atoms with Crippen molar-refractivity contribution in [2.24, 2.45) is 0 Å². The summed E-state index contributed by atoms with van der Waals surface area (Å²) in [6.07, 6.45) is 0.523. The Kier molecular flexibility index (Phi) is 2.38. The molecule has 1 saturated heterocycles. The standard InChI is InChI=1S/C10H12OS/c1-8-4-2-3-5-10(8)12-7-9-6-11-9/h2-5,9H,6-7H2,1H3. The van der Waals surface area contributed by atoms with Crippen LogP contribution in [0.5, 0.6) is 0 Å². The lowest BCUT2D eigenvalue weighted by Crippen LogP contribution is -1.89. The first-order valence-electron chi connectivity index (χ1n) is 4.16. The summed E-state index contributed by atoms with van der Waals surface area (Å²) in [6.45, 7) is 3.11. The zero-order chi connectivity index (χ0) is 8.39. The van der Waals surface area contributed by atoms with E-state index in [1.54, 1.807) is 0 Å². The van der Waals surface area contributed by atoms with E-state index in [9.17, 15) is 0 Å². The first-order valence-corrected chi connectivity index (χ1v) is 5.15. The van der Waals surface area contributed by atoms with Gasteiger partial charge < -0.3 is 4.74 Å². The van der Waals surface area contributed by atoms with Crippen LogP contribution in [-0.2, 0) is 4.74 Å². The lowest BCUT2D eigenvalue weighted by molar-refractivity contribution is 0.426. The molecule has 1 aliphatic rings. The summed E-state index contributed by atoms with van der Waals surface area (Å²) >= 11 is 1.89. The topological polar surface area (TPSA) is 12.5 Å². The van der Waals surface area contributed by atoms with Gasteiger partial charge in [-0.2, -0.15) is 0 Å². The summed E-state index contributed by atoms with van der Waals surface area (Å²) in [6, 6.07) is 8.48. The van der Waals surface area contributed by atoms with Crippen molar-refractivity contribution in [3.63, 3.8) is 0 Å². The molecule has 0 amide bonds. The van der Waals surface area contributed by atoms with E-state index in [0.717, 1.165) is 12.4 Å². The van der Waals surface area contributed by atoms with Gasteiger partial charge in [-0.15, -0.1) is 11.8 Å². The highest BCUT2D eigenvalue weighted by atomic mass is 32.2. The summed E-state index contributed by atoms with van der Waals surface area (Å²) in [7, 11) is 0. The quantitative estimate of drug-likeness (QED) is 0.523. The zero-order valence-electron chi connectivity index (χ0n) is 7.12. The Morgan fingerprint density at radius 2 is 2.25 bits per heavy atom. The van der Waals surface area contributed by atoms with E-state index < -0.39 is 0 Å². The molecule has 0 spiro atoms. The van der Waals surface area contributed by atoms with Crippen molar-refractivity contribution < 1.29 is 4.74 Å². The van der Waals surface area contributed by atoms with Gasteiger partial charge in [-0.25, -0.2) is 0 Å². The number of hydrogen-bond acceptors (Lipinski definition) is 2. The minimum absolute atomic E-state index is 0.523. The largest absolute Gasteiger partial charge is 0.372 e. The Morgan fingerprint density at radius 1 is 1.50 bits per heavy atom. The van der Waals surface area contributed by atoms with E-state index in [1.807, 2.05) is 11.8 Å². The van der Waals surface area contributed by atoms with Crippen LogP contribution in [0, 0.1) is 6.92 Å². The summed E-state index contributed by atoms with van der Waals surface area (Å²) < 4.78 is 5.15. The van der Waals surface area contributed by atoms with Crippen molar-refractivity contribution in [3.05, 3.63) is 29.8 Å². The number of epoxide rings is 1. The molecule has 1 fully saturated rings. The van der Waals surface area contributed by atoms with Gasteiger partial charge in [-0.1, -0.05) is 18.2 Å². The average Bonchev–Trinajstić information content (AvgIpc) is 2.86. The third-order valence-electron chi connectivity index (χ3n) is 1.92. The number of hydrogen-bond donors (Lipinski definition) is 0. The number of benzene rings is 1. The van der Waals surface area contributed by atoms with Gasteiger partial charge >= 0.3 is 0 Å². The molecular formula is C10H12OS. The highest BCUT2D eigenvalue weighted by Crippen LogP contribution is 2.26. The van der Waals surface area contributed by atoms with Crippen LogP contribution in [0.1, 0.15) is 5.56 Å². The fourth-order valence-corrected chi connectivity index (χ4v) is 2.09. The second-order valence-corrected chi connectivity index (χ2v) is 4.09. The van der Waals surface area contributed by atoms with Gasteiger partial charge in [0.05, 0.1) is 12.7 Å². The highest BCUT2D eigenvalue weighted by Gasteiger charge is 2.22. The van der Waals surface area contributed by atoms with Crippen molar-refractivity contribution >= 4 is 11.8 Å². The SMILES string of the molecule is Cc1ccccc1SCC1CO1. The molecule has 0 radical (unpaired) electrons. The molecule has 12 heavy (non-hydrogen) atoms. The maximum Gasteiger partial charge on any atom is 0.0903 e. The molecule has 0 bridgehead atoms. The fraction of sp³-hybridized carbons (Fsp3) is 0.400. The van der Waals surface area contributed by atoms with Gasteiger partial charge in [-0.05, 0) is 18.6 Å². The van der Waals surface area contributed by atoms with E-state index in [0.29, 0.717) is 6.10 Å². The first-order chi connectivity index (χ1) is 5.86. The van der Waals surface area contributed by atoms with E-state index in [4.69, 9.17) is 4.74 Å². The molecule has 0 aromatic heterocycles. The Morgan fingerprint density at radius 3 is 2.92 bits per heavy atom. The van der Waals surface area contributed by atoms with Crippen molar-refractivity contribution in [2.75, 3.05) is 12.4 Å². The molecule has 1 atom stereocenters. The molecule has 1 aromatic rings. The van der Waals surface area contributed by atoms with E-state index in [1.165, 1.54) is 10.5 Å². The van der Waals surface area contributed by atoms with Crippen molar-refractivity contribution in [1.29, 1.82) is 0 Å². The molecular weight excluding hydrogens is 168 g/mol. The highest BCUT2D eigenvalue weighted by molar-refractivity contribution is 7.99. The van der Waals surface area contributed by atoms with Crippen LogP contribution in [0.15, 0.2) is 29.2 Å². The monoisotopic (exact) mass is 180 g/mol. The van der Waals surface area contributed by atoms with Crippen molar-refractivity contribution in [3.8, 4) is 0 Å². The maximum absolute atomic E-state index is 5.15.